The number of amides is 2. The molecule has 0 saturated heterocycles. The Bertz CT molecular complexity index is 474. The number of carboxylic acid groups (broad SMARTS) is 1. The summed E-state index contributed by atoms with van der Waals surface area (Å²) in [5.74, 6) is -1.22. The number of aryl methyl sites for hydroxylation is 1. The van der Waals surface area contributed by atoms with E-state index in [0.29, 0.717) is 0 Å². The van der Waals surface area contributed by atoms with E-state index in [2.05, 4.69) is 15.6 Å². The van der Waals surface area contributed by atoms with Crippen LogP contribution in [0.5, 0.6) is 0 Å². The van der Waals surface area contributed by atoms with Crippen molar-refractivity contribution < 1.29 is 14.7 Å². The van der Waals surface area contributed by atoms with Crippen molar-refractivity contribution in [3.05, 3.63) is 29.6 Å². The van der Waals surface area contributed by atoms with Crippen LogP contribution in [0.3, 0.4) is 0 Å². The van der Waals surface area contributed by atoms with Gasteiger partial charge in [0.2, 0.25) is 0 Å². The van der Waals surface area contributed by atoms with Gasteiger partial charge in [0, 0.05) is 6.20 Å². The molecule has 6 nitrogen and oxygen atoms in total. The SMILES string of the molecule is CCc1cccnc1CNC(=O)N[C@@H](C(=O)O)C(C)C. The molecule has 0 radical (unpaired) electrons. The Kier molecular flexibility index (Phi) is 5.96. The number of rotatable bonds is 6. The lowest BCUT2D eigenvalue weighted by molar-refractivity contribution is -0.140. The van der Waals surface area contributed by atoms with Crippen molar-refractivity contribution in [2.45, 2.75) is 39.8 Å². The number of aliphatic carboxylic acids is 1. The van der Waals surface area contributed by atoms with E-state index >= 15 is 0 Å². The van der Waals surface area contributed by atoms with Crippen molar-refractivity contribution in [2.75, 3.05) is 0 Å². The molecule has 1 aromatic heterocycles. The molecule has 1 aromatic rings. The average molecular weight is 279 g/mol. The minimum absolute atomic E-state index is 0.181. The summed E-state index contributed by atoms with van der Waals surface area (Å²) in [7, 11) is 0. The van der Waals surface area contributed by atoms with Crippen LogP contribution in [0.2, 0.25) is 0 Å². The fourth-order valence-corrected chi connectivity index (χ4v) is 1.82. The van der Waals surface area contributed by atoms with Gasteiger partial charge in [-0.3, -0.25) is 4.98 Å². The first kappa shape index (κ1) is 15.9. The van der Waals surface area contributed by atoms with Crippen LogP contribution in [-0.4, -0.2) is 28.1 Å². The van der Waals surface area contributed by atoms with Crippen molar-refractivity contribution in [1.29, 1.82) is 0 Å². The summed E-state index contributed by atoms with van der Waals surface area (Å²) in [6.07, 6.45) is 2.50. The molecule has 1 atom stereocenters. The Morgan fingerprint density at radius 1 is 1.40 bits per heavy atom. The number of nitrogens with zero attached hydrogens (tertiary/aromatic N) is 1. The predicted molar refractivity (Wildman–Crippen MR) is 75.2 cm³/mol. The van der Waals surface area contributed by atoms with Gasteiger partial charge in [0.15, 0.2) is 0 Å². The van der Waals surface area contributed by atoms with Crippen LogP contribution in [0.25, 0.3) is 0 Å². The number of urea groups is 1. The third-order valence-electron chi connectivity index (χ3n) is 3.00. The van der Waals surface area contributed by atoms with Gasteiger partial charge < -0.3 is 15.7 Å². The Hall–Kier alpha value is -2.11. The maximum atomic E-state index is 11.7. The molecule has 0 aliphatic carbocycles. The second kappa shape index (κ2) is 7.47. The first-order valence-electron chi connectivity index (χ1n) is 6.65. The van der Waals surface area contributed by atoms with E-state index in [4.69, 9.17) is 5.11 Å². The average Bonchev–Trinajstić information content (AvgIpc) is 2.42. The summed E-state index contributed by atoms with van der Waals surface area (Å²) < 4.78 is 0. The number of hydrogen-bond donors (Lipinski definition) is 3. The first-order chi connectivity index (χ1) is 9.45. The van der Waals surface area contributed by atoms with Crippen molar-refractivity contribution >= 4 is 12.0 Å². The zero-order valence-corrected chi connectivity index (χ0v) is 12.0. The number of carbonyl (C=O) groups is 2. The second-order valence-corrected chi connectivity index (χ2v) is 4.85. The molecule has 0 spiro atoms. The highest BCUT2D eigenvalue weighted by atomic mass is 16.4. The summed E-state index contributed by atoms with van der Waals surface area (Å²) in [4.78, 5) is 26.9. The Labute approximate surface area is 118 Å². The summed E-state index contributed by atoms with van der Waals surface area (Å²) in [5, 5.41) is 14.1. The fraction of sp³-hybridized carbons (Fsp3) is 0.500. The highest BCUT2D eigenvalue weighted by molar-refractivity contribution is 5.82. The Morgan fingerprint density at radius 2 is 2.10 bits per heavy atom. The fourth-order valence-electron chi connectivity index (χ4n) is 1.82. The molecule has 0 aliphatic heterocycles. The number of aromatic nitrogens is 1. The first-order valence-corrected chi connectivity index (χ1v) is 6.65. The number of carboxylic acids is 1. The normalized spacial score (nSPS) is 12.0. The summed E-state index contributed by atoms with van der Waals surface area (Å²) >= 11 is 0. The van der Waals surface area contributed by atoms with Gasteiger partial charge in [-0.2, -0.15) is 0 Å². The lowest BCUT2D eigenvalue weighted by Gasteiger charge is -2.18. The van der Waals surface area contributed by atoms with Gasteiger partial charge in [-0.25, -0.2) is 9.59 Å². The van der Waals surface area contributed by atoms with Gasteiger partial charge >= 0.3 is 12.0 Å². The van der Waals surface area contributed by atoms with Crippen molar-refractivity contribution in [1.82, 2.24) is 15.6 Å². The highest BCUT2D eigenvalue weighted by Crippen LogP contribution is 2.06. The largest absolute Gasteiger partial charge is 0.480 e. The van der Waals surface area contributed by atoms with E-state index in [-0.39, 0.29) is 12.5 Å². The van der Waals surface area contributed by atoms with Crippen molar-refractivity contribution in [2.24, 2.45) is 5.92 Å². The van der Waals surface area contributed by atoms with Gasteiger partial charge in [-0.05, 0) is 24.0 Å². The summed E-state index contributed by atoms with van der Waals surface area (Å²) in [6, 6.07) is 2.40. The molecule has 0 bridgehead atoms. The molecule has 3 N–H and O–H groups in total. The molecule has 0 fully saturated rings. The third kappa shape index (κ3) is 4.53. The van der Waals surface area contributed by atoms with Gasteiger partial charge in [0.05, 0.1) is 12.2 Å². The van der Waals surface area contributed by atoms with Crippen LogP contribution in [-0.2, 0) is 17.8 Å². The van der Waals surface area contributed by atoms with E-state index in [1.807, 2.05) is 19.1 Å². The Balaban J connectivity index is 2.57. The molecular weight excluding hydrogens is 258 g/mol. The van der Waals surface area contributed by atoms with Gasteiger partial charge in [0.1, 0.15) is 6.04 Å². The summed E-state index contributed by atoms with van der Waals surface area (Å²) in [6.45, 7) is 5.78. The standard InChI is InChI=1S/C14H21N3O3/c1-4-10-6-5-7-15-11(10)8-16-14(20)17-12(9(2)3)13(18)19/h5-7,9,12H,4,8H2,1-3H3,(H,18,19)(H2,16,17,20)/t12-/m1/s1. The lowest BCUT2D eigenvalue weighted by atomic mass is 10.1. The third-order valence-corrected chi connectivity index (χ3v) is 3.00. The zero-order chi connectivity index (χ0) is 15.1. The molecular formula is C14H21N3O3. The number of nitrogens with one attached hydrogen (secondary N) is 2. The molecule has 0 aliphatic rings. The van der Waals surface area contributed by atoms with Crippen LogP contribution >= 0.6 is 0 Å². The molecule has 0 unspecified atom stereocenters. The molecule has 110 valence electrons. The molecule has 0 saturated carbocycles. The minimum Gasteiger partial charge on any atom is -0.480 e. The van der Waals surface area contributed by atoms with E-state index in [1.165, 1.54) is 0 Å². The monoisotopic (exact) mass is 279 g/mol. The number of carbonyl (C=O) groups excluding carboxylic acids is 1. The number of hydrogen-bond acceptors (Lipinski definition) is 3. The van der Waals surface area contributed by atoms with E-state index in [0.717, 1.165) is 17.7 Å². The van der Waals surface area contributed by atoms with Crippen LogP contribution in [0.15, 0.2) is 18.3 Å². The minimum atomic E-state index is -1.04. The molecule has 2 amide bonds. The predicted octanol–water partition coefficient (Wildman–Crippen LogP) is 1.55. The van der Waals surface area contributed by atoms with Gasteiger partial charge in [-0.15, -0.1) is 0 Å². The maximum absolute atomic E-state index is 11.7. The smallest absolute Gasteiger partial charge is 0.326 e. The van der Waals surface area contributed by atoms with E-state index in [9.17, 15) is 9.59 Å². The zero-order valence-electron chi connectivity index (χ0n) is 12.0. The van der Waals surface area contributed by atoms with Crippen LogP contribution < -0.4 is 10.6 Å². The van der Waals surface area contributed by atoms with Crippen LogP contribution in [0, 0.1) is 5.92 Å². The molecule has 1 heterocycles. The second-order valence-electron chi connectivity index (χ2n) is 4.85. The Morgan fingerprint density at radius 3 is 2.65 bits per heavy atom. The quantitative estimate of drug-likeness (QED) is 0.737. The van der Waals surface area contributed by atoms with Crippen molar-refractivity contribution in [3.63, 3.8) is 0 Å². The van der Waals surface area contributed by atoms with Crippen LogP contribution in [0.1, 0.15) is 32.0 Å². The van der Waals surface area contributed by atoms with E-state index in [1.54, 1.807) is 20.0 Å². The van der Waals surface area contributed by atoms with E-state index < -0.39 is 18.0 Å². The highest BCUT2D eigenvalue weighted by Gasteiger charge is 2.23. The molecule has 0 aromatic carbocycles. The molecule has 1 rings (SSSR count). The van der Waals surface area contributed by atoms with Crippen LogP contribution in [0.4, 0.5) is 4.79 Å². The molecule has 20 heavy (non-hydrogen) atoms. The summed E-state index contributed by atoms with van der Waals surface area (Å²) in [5.41, 5.74) is 1.85. The van der Waals surface area contributed by atoms with Crippen molar-refractivity contribution in [3.8, 4) is 0 Å². The van der Waals surface area contributed by atoms with Gasteiger partial charge in [-0.1, -0.05) is 26.8 Å². The lowest BCUT2D eigenvalue weighted by Crippen LogP contribution is -2.48. The molecule has 6 heteroatoms. The maximum Gasteiger partial charge on any atom is 0.326 e. The topological polar surface area (TPSA) is 91.3 Å². The number of pyridine rings is 1. The van der Waals surface area contributed by atoms with Gasteiger partial charge in [0.25, 0.3) is 0 Å².